The van der Waals surface area contributed by atoms with E-state index < -0.39 is 6.04 Å². The van der Waals surface area contributed by atoms with Crippen molar-refractivity contribution in [1.82, 2.24) is 14.8 Å². The van der Waals surface area contributed by atoms with Gasteiger partial charge in [0.15, 0.2) is 0 Å². The molecule has 5 nitrogen and oxygen atoms in total. The first-order valence-electron chi connectivity index (χ1n) is 11.8. The fourth-order valence-electron chi connectivity index (χ4n) is 4.97. The number of para-hydroxylation sites is 1. The van der Waals surface area contributed by atoms with Gasteiger partial charge in [0.05, 0.1) is 0 Å². The molecule has 0 saturated carbocycles. The van der Waals surface area contributed by atoms with Crippen LogP contribution < -0.4 is 5.32 Å². The number of nitrogens with zero attached hydrogens (tertiary/aromatic N) is 2. The van der Waals surface area contributed by atoms with Gasteiger partial charge in [0, 0.05) is 59.0 Å². The summed E-state index contributed by atoms with van der Waals surface area (Å²) in [4.78, 5) is 28.3. The van der Waals surface area contributed by atoms with Crippen LogP contribution in [-0.2, 0) is 29.1 Å². The molecule has 0 bridgehead atoms. The quantitative estimate of drug-likeness (QED) is 0.403. The highest BCUT2D eigenvalue weighted by Crippen LogP contribution is 2.32. The van der Waals surface area contributed by atoms with E-state index in [-0.39, 0.29) is 11.8 Å². The molecule has 5 rings (SSSR count). The Kier molecular flexibility index (Phi) is 6.33. The molecule has 0 saturated heterocycles. The molecule has 0 spiro atoms. The first-order valence-corrected chi connectivity index (χ1v) is 12.8. The summed E-state index contributed by atoms with van der Waals surface area (Å²) < 4.78 is 2.33. The summed E-state index contributed by atoms with van der Waals surface area (Å²) >= 11 is 1.62. The van der Waals surface area contributed by atoms with Crippen molar-refractivity contribution in [2.24, 2.45) is 0 Å². The van der Waals surface area contributed by atoms with E-state index in [1.54, 1.807) is 11.8 Å². The molecule has 0 radical (unpaired) electrons. The first-order chi connectivity index (χ1) is 16.5. The zero-order chi connectivity index (χ0) is 23.7. The molecule has 2 amide bonds. The molecule has 1 atom stereocenters. The van der Waals surface area contributed by atoms with Crippen molar-refractivity contribution in [2.45, 2.75) is 44.3 Å². The van der Waals surface area contributed by atoms with E-state index in [4.69, 9.17) is 0 Å². The molecule has 34 heavy (non-hydrogen) atoms. The summed E-state index contributed by atoms with van der Waals surface area (Å²) in [6.45, 7) is 5.82. The molecule has 4 aromatic rings. The van der Waals surface area contributed by atoms with Crippen molar-refractivity contribution in [3.8, 4) is 0 Å². The first kappa shape index (κ1) is 22.5. The van der Waals surface area contributed by atoms with Crippen molar-refractivity contribution in [3.05, 3.63) is 77.9 Å². The Balaban J connectivity index is 1.36. The van der Waals surface area contributed by atoms with E-state index in [2.05, 4.69) is 71.4 Å². The average Bonchev–Trinajstić information content (AvgIpc) is 3.18. The number of rotatable bonds is 6. The second-order valence-corrected chi connectivity index (χ2v) is 9.88. The molecule has 0 aliphatic carbocycles. The molecule has 6 heteroatoms. The van der Waals surface area contributed by atoms with E-state index in [1.807, 2.05) is 17.0 Å². The number of aryl methyl sites for hydroxylation is 1. The van der Waals surface area contributed by atoms with E-state index in [0.717, 1.165) is 17.9 Å². The Labute approximate surface area is 204 Å². The van der Waals surface area contributed by atoms with E-state index in [9.17, 15) is 9.59 Å². The highest BCUT2D eigenvalue weighted by atomic mass is 32.2. The SMILES string of the molecule is CCn1c2ccccc2c2cc(SCC(NC(C)=O)C(=O)N3CCc4ccccc4C3)ccc21. The van der Waals surface area contributed by atoms with Crippen molar-refractivity contribution < 1.29 is 9.59 Å². The molecule has 1 aliphatic rings. The van der Waals surface area contributed by atoms with Crippen LogP contribution in [-0.4, -0.2) is 39.6 Å². The predicted molar refractivity (Wildman–Crippen MR) is 139 cm³/mol. The maximum absolute atomic E-state index is 13.4. The molecule has 0 fully saturated rings. The number of benzene rings is 3. The molecule has 1 unspecified atom stereocenters. The fraction of sp³-hybridized carbons (Fsp3) is 0.286. The average molecular weight is 472 g/mol. The van der Waals surface area contributed by atoms with Crippen molar-refractivity contribution in [3.63, 3.8) is 0 Å². The summed E-state index contributed by atoms with van der Waals surface area (Å²) in [7, 11) is 0. The lowest BCUT2D eigenvalue weighted by molar-refractivity contribution is -0.136. The summed E-state index contributed by atoms with van der Waals surface area (Å²) in [5.41, 5.74) is 4.94. The number of aromatic nitrogens is 1. The fourth-order valence-corrected chi connectivity index (χ4v) is 5.92. The minimum absolute atomic E-state index is 0.0131. The summed E-state index contributed by atoms with van der Waals surface area (Å²) in [6, 6.07) is 22.7. The summed E-state index contributed by atoms with van der Waals surface area (Å²) in [5, 5.41) is 5.36. The van der Waals surface area contributed by atoms with E-state index in [0.29, 0.717) is 18.8 Å². The van der Waals surface area contributed by atoms with Gasteiger partial charge in [0.2, 0.25) is 11.8 Å². The highest BCUT2D eigenvalue weighted by molar-refractivity contribution is 7.99. The largest absolute Gasteiger partial charge is 0.344 e. The van der Waals surface area contributed by atoms with Gasteiger partial charge in [-0.15, -0.1) is 11.8 Å². The Morgan fingerprint density at radius 2 is 1.71 bits per heavy atom. The van der Waals surface area contributed by atoms with Crippen molar-refractivity contribution in [2.75, 3.05) is 12.3 Å². The minimum atomic E-state index is -0.555. The number of carbonyl (C=O) groups excluding carboxylic acids is 2. The van der Waals surface area contributed by atoms with Crippen LogP contribution in [0.5, 0.6) is 0 Å². The topological polar surface area (TPSA) is 54.3 Å². The van der Waals surface area contributed by atoms with Crippen LogP contribution in [0.1, 0.15) is 25.0 Å². The van der Waals surface area contributed by atoms with Gasteiger partial charge in [-0.05, 0) is 48.7 Å². The number of fused-ring (bicyclic) bond motifs is 4. The third-order valence-corrected chi connectivity index (χ3v) is 7.68. The van der Waals surface area contributed by atoms with Gasteiger partial charge in [-0.2, -0.15) is 0 Å². The third-order valence-electron chi connectivity index (χ3n) is 6.59. The lowest BCUT2D eigenvalue weighted by Gasteiger charge is -2.32. The van der Waals surface area contributed by atoms with Crippen LogP contribution in [0.2, 0.25) is 0 Å². The van der Waals surface area contributed by atoms with Crippen LogP contribution in [0.4, 0.5) is 0 Å². The molecule has 2 heterocycles. The summed E-state index contributed by atoms with van der Waals surface area (Å²) in [6.07, 6.45) is 0.847. The Morgan fingerprint density at radius 1 is 0.971 bits per heavy atom. The molecular weight excluding hydrogens is 442 g/mol. The zero-order valence-corrected chi connectivity index (χ0v) is 20.4. The molecule has 174 valence electrons. The second kappa shape index (κ2) is 9.55. The van der Waals surface area contributed by atoms with Gasteiger partial charge in [-0.1, -0.05) is 42.5 Å². The van der Waals surface area contributed by atoms with Crippen LogP contribution in [0, 0.1) is 0 Å². The number of nitrogens with one attached hydrogen (secondary N) is 1. The van der Waals surface area contributed by atoms with Gasteiger partial charge in [-0.3, -0.25) is 9.59 Å². The molecule has 1 aliphatic heterocycles. The molecular formula is C28H29N3O2S. The van der Waals surface area contributed by atoms with Crippen LogP contribution in [0.25, 0.3) is 21.8 Å². The minimum Gasteiger partial charge on any atom is -0.344 e. The van der Waals surface area contributed by atoms with E-state index in [1.165, 1.54) is 39.9 Å². The van der Waals surface area contributed by atoms with Crippen molar-refractivity contribution in [1.29, 1.82) is 0 Å². The zero-order valence-electron chi connectivity index (χ0n) is 19.6. The molecule has 1 aromatic heterocycles. The maximum atomic E-state index is 13.4. The lowest BCUT2D eigenvalue weighted by atomic mass is 9.99. The Bertz CT molecular complexity index is 1380. The molecule has 1 N–H and O–H groups in total. The van der Waals surface area contributed by atoms with Crippen LogP contribution in [0.15, 0.2) is 71.6 Å². The van der Waals surface area contributed by atoms with Gasteiger partial charge in [0.25, 0.3) is 0 Å². The Morgan fingerprint density at radius 3 is 2.50 bits per heavy atom. The normalized spacial score (nSPS) is 14.2. The van der Waals surface area contributed by atoms with Crippen molar-refractivity contribution >= 4 is 45.4 Å². The monoisotopic (exact) mass is 471 g/mol. The maximum Gasteiger partial charge on any atom is 0.246 e. The highest BCUT2D eigenvalue weighted by Gasteiger charge is 2.28. The molecule has 3 aromatic carbocycles. The predicted octanol–water partition coefficient (Wildman–Crippen LogP) is 5.00. The van der Waals surface area contributed by atoms with Crippen LogP contribution in [0.3, 0.4) is 0 Å². The van der Waals surface area contributed by atoms with Gasteiger partial charge in [0.1, 0.15) is 6.04 Å². The second-order valence-electron chi connectivity index (χ2n) is 8.78. The number of carbonyl (C=O) groups is 2. The lowest BCUT2D eigenvalue weighted by Crippen LogP contribution is -2.50. The summed E-state index contributed by atoms with van der Waals surface area (Å²) in [5.74, 6) is 0.299. The van der Waals surface area contributed by atoms with Gasteiger partial charge >= 0.3 is 0 Å². The Hall–Kier alpha value is -3.25. The number of amides is 2. The van der Waals surface area contributed by atoms with Gasteiger partial charge in [-0.25, -0.2) is 0 Å². The number of hydrogen-bond donors (Lipinski definition) is 1. The third kappa shape index (κ3) is 4.30. The number of thioether (sulfide) groups is 1. The smallest absolute Gasteiger partial charge is 0.246 e. The number of hydrogen-bond acceptors (Lipinski definition) is 3. The van der Waals surface area contributed by atoms with E-state index >= 15 is 0 Å². The standard InChI is InChI=1S/C28H29N3O2S/c1-3-31-26-11-7-6-10-23(26)24-16-22(12-13-27(24)31)34-18-25(29-19(2)32)28(33)30-15-14-20-8-4-5-9-21(20)17-30/h4-13,16,25H,3,14-15,17-18H2,1-2H3,(H,29,32). The van der Waals surface area contributed by atoms with Gasteiger partial charge < -0.3 is 14.8 Å². The van der Waals surface area contributed by atoms with Crippen LogP contribution >= 0.6 is 11.8 Å².